The van der Waals surface area contributed by atoms with Crippen LogP contribution in [0.15, 0.2) is 60.9 Å². The Labute approximate surface area is 113 Å². The molecule has 1 aromatic heterocycles. The van der Waals surface area contributed by atoms with Crippen molar-refractivity contribution in [2.75, 3.05) is 5.32 Å². The Balaban J connectivity index is 1.80. The molecule has 1 aliphatic carbocycles. The van der Waals surface area contributed by atoms with E-state index >= 15 is 0 Å². The highest BCUT2D eigenvalue weighted by Gasteiger charge is 2.37. The van der Waals surface area contributed by atoms with E-state index in [2.05, 4.69) is 58.9 Å². The largest absolute Gasteiger partial charge is 0.378 e. The molecule has 2 nitrogen and oxygen atoms in total. The van der Waals surface area contributed by atoms with Crippen molar-refractivity contribution in [1.82, 2.24) is 4.98 Å². The zero-order chi connectivity index (χ0) is 12.7. The number of aromatic nitrogens is 1. The molecule has 2 aliphatic rings. The van der Waals surface area contributed by atoms with Gasteiger partial charge in [0.15, 0.2) is 0 Å². The van der Waals surface area contributed by atoms with Gasteiger partial charge >= 0.3 is 0 Å². The Morgan fingerprint density at radius 2 is 1.89 bits per heavy atom. The second kappa shape index (κ2) is 4.23. The Hall–Kier alpha value is -2.09. The summed E-state index contributed by atoms with van der Waals surface area (Å²) < 4.78 is 0. The number of allylic oxidation sites excluding steroid dienone is 2. The lowest BCUT2D eigenvalue weighted by atomic mass is 9.77. The zero-order valence-electron chi connectivity index (χ0n) is 10.7. The quantitative estimate of drug-likeness (QED) is 0.774. The second-order valence-electron chi connectivity index (χ2n) is 5.34. The molecule has 0 amide bonds. The van der Waals surface area contributed by atoms with Crippen LogP contribution in [-0.4, -0.2) is 4.98 Å². The molecule has 4 rings (SSSR count). The highest BCUT2D eigenvalue weighted by molar-refractivity contribution is 5.59. The normalized spacial score (nSPS) is 27.5. The molecule has 0 unspecified atom stereocenters. The first-order valence-corrected chi connectivity index (χ1v) is 6.85. The lowest BCUT2D eigenvalue weighted by Gasteiger charge is -2.37. The molecule has 2 heterocycles. The number of nitrogens with one attached hydrogen (secondary N) is 1. The fourth-order valence-corrected chi connectivity index (χ4v) is 3.44. The summed E-state index contributed by atoms with van der Waals surface area (Å²) in [6, 6.07) is 13.3. The summed E-state index contributed by atoms with van der Waals surface area (Å²) >= 11 is 0. The van der Waals surface area contributed by atoms with E-state index in [-0.39, 0.29) is 0 Å². The molecule has 94 valence electrons. The van der Waals surface area contributed by atoms with Crippen LogP contribution in [0, 0.1) is 5.92 Å². The van der Waals surface area contributed by atoms with Gasteiger partial charge in [0.1, 0.15) is 0 Å². The Morgan fingerprint density at radius 3 is 2.79 bits per heavy atom. The summed E-state index contributed by atoms with van der Waals surface area (Å²) in [6.07, 6.45) is 9.62. The minimum Gasteiger partial charge on any atom is -0.378 e. The van der Waals surface area contributed by atoms with Crippen molar-refractivity contribution in [2.45, 2.75) is 18.4 Å². The Kier molecular flexibility index (Phi) is 2.41. The van der Waals surface area contributed by atoms with Crippen molar-refractivity contribution < 1.29 is 0 Å². The fourth-order valence-electron chi connectivity index (χ4n) is 3.44. The Morgan fingerprint density at radius 1 is 1.05 bits per heavy atom. The van der Waals surface area contributed by atoms with Crippen LogP contribution >= 0.6 is 0 Å². The van der Waals surface area contributed by atoms with Crippen molar-refractivity contribution in [3.63, 3.8) is 0 Å². The van der Waals surface area contributed by atoms with E-state index < -0.39 is 0 Å². The second-order valence-corrected chi connectivity index (χ2v) is 5.34. The number of hydrogen-bond acceptors (Lipinski definition) is 2. The highest BCUT2D eigenvalue weighted by atomic mass is 15.0. The number of benzene rings is 1. The van der Waals surface area contributed by atoms with Crippen molar-refractivity contribution in [1.29, 1.82) is 0 Å². The molecule has 2 aromatic rings. The number of nitrogens with zero attached hydrogens (tertiary/aromatic N) is 1. The van der Waals surface area contributed by atoms with Gasteiger partial charge in [0.2, 0.25) is 0 Å². The number of rotatable bonds is 1. The monoisotopic (exact) mass is 248 g/mol. The van der Waals surface area contributed by atoms with Crippen molar-refractivity contribution in [3.05, 3.63) is 72.1 Å². The van der Waals surface area contributed by atoms with Gasteiger partial charge in [-0.15, -0.1) is 0 Å². The summed E-state index contributed by atoms with van der Waals surface area (Å²) in [6.45, 7) is 0. The summed E-state index contributed by atoms with van der Waals surface area (Å²) in [5.74, 6) is 1.17. The number of fused-ring (bicyclic) bond motifs is 3. The molecule has 19 heavy (non-hydrogen) atoms. The smallest absolute Gasteiger partial charge is 0.0555 e. The predicted molar refractivity (Wildman–Crippen MR) is 77.0 cm³/mol. The predicted octanol–water partition coefficient (Wildman–Crippen LogP) is 3.91. The van der Waals surface area contributed by atoms with Crippen LogP contribution in [0.1, 0.15) is 29.5 Å². The van der Waals surface area contributed by atoms with Gasteiger partial charge in [-0.3, -0.25) is 4.98 Å². The third-order valence-electron chi connectivity index (χ3n) is 4.34. The SMILES string of the molecule is C1=C[C@H]2c3ccccc3N[C@H](c3ccncc3)[C@@H]2C1. The zero-order valence-corrected chi connectivity index (χ0v) is 10.7. The molecule has 0 radical (unpaired) electrons. The molecule has 1 N–H and O–H groups in total. The number of anilines is 1. The van der Waals surface area contributed by atoms with Gasteiger partial charge in [0.05, 0.1) is 6.04 Å². The molecule has 0 spiro atoms. The van der Waals surface area contributed by atoms with E-state index in [1.54, 1.807) is 0 Å². The van der Waals surface area contributed by atoms with Crippen LogP contribution in [0.4, 0.5) is 5.69 Å². The minimum absolute atomic E-state index is 0.387. The van der Waals surface area contributed by atoms with Crippen molar-refractivity contribution in [2.24, 2.45) is 5.92 Å². The molecular weight excluding hydrogens is 232 g/mol. The van der Waals surface area contributed by atoms with Crippen molar-refractivity contribution in [3.8, 4) is 0 Å². The van der Waals surface area contributed by atoms with Crippen LogP contribution < -0.4 is 5.32 Å². The first-order valence-electron chi connectivity index (χ1n) is 6.85. The molecule has 0 saturated carbocycles. The third-order valence-corrected chi connectivity index (χ3v) is 4.34. The summed E-state index contributed by atoms with van der Waals surface area (Å²) in [5, 5.41) is 3.72. The molecule has 1 aliphatic heterocycles. The van der Waals surface area contributed by atoms with Gasteiger partial charge in [-0.05, 0) is 41.7 Å². The van der Waals surface area contributed by atoms with E-state index in [1.165, 1.54) is 16.8 Å². The third kappa shape index (κ3) is 1.67. The van der Waals surface area contributed by atoms with Gasteiger partial charge in [0, 0.05) is 24.0 Å². The van der Waals surface area contributed by atoms with Crippen LogP contribution in [0.25, 0.3) is 0 Å². The van der Waals surface area contributed by atoms with E-state index in [4.69, 9.17) is 0 Å². The van der Waals surface area contributed by atoms with Crippen LogP contribution in [-0.2, 0) is 0 Å². The maximum absolute atomic E-state index is 4.13. The maximum atomic E-state index is 4.13. The average molecular weight is 248 g/mol. The summed E-state index contributed by atoms with van der Waals surface area (Å²) in [4.78, 5) is 4.13. The lowest BCUT2D eigenvalue weighted by molar-refractivity contribution is 0.425. The van der Waals surface area contributed by atoms with Gasteiger partial charge in [-0.25, -0.2) is 0 Å². The van der Waals surface area contributed by atoms with E-state index in [1.807, 2.05) is 12.4 Å². The molecule has 0 bridgehead atoms. The lowest BCUT2D eigenvalue weighted by Crippen LogP contribution is -2.28. The van der Waals surface area contributed by atoms with Crippen LogP contribution in [0.2, 0.25) is 0 Å². The van der Waals surface area contributed by atoms with Crippen LogP contribution in [0.5, 0.6) is 0 Å². The minimum atomic E-state index is 0.387. The summed E-state index contributed by atoms with van der Waals surface area (Å²) in [7, 11) is 0. The van der Waals surface area contributed by atoms with Gasteiger partial charge < -0.3 is 5.32 Å². The molecule has 3 atom stereocenters. The molecule has 2 heteroatoms. The van der Waals surface area contributed by atoms with E-state index in [0.29, 0.717) is 17.9 Å². The summed E-state index contributed by atoms with van der Waals surface area (Å²) in [5.41, 5.74) is 4.05. The van der Waals surface area contributed by atoms with Gasteiger partial charge in [-0.2, -0.15) is 0 Å². The van der Waals surface area contributed by atoms with E-state index in [0.717, 1.165) is 6.42 Å². The first-order chi connectivity index (χ1) is 9.43. The fraction of sp³-hybridized carbons (Fsp3) is 0.235. The number of para-hydroxylation sites is 1. The maximum Gasteiger partial charge on any atom is 0.0555 e. The highest BCUT2D eigenvalue weighted by Crippen LogP contribution is 2.49. The standard InChI is InChI=1S/C17H16N2/c1-2-7-16-14(4-1)13-5-3-6-15(13)17(19-16)12-8-10-18-11-9-12/h1-5,7-11,13,15,17,19H,6H2/t13-,15+,17+/m0/s1. The average Bonchev–Trinajstić information content (AvgIpc) is 2.97. The molecule has 0 fully saturated rings. The van der Waals surface area contributed by atoms with E-state index in [9.17, 15) is 0 Å². The van der Waals surface area contributed by atoms with Crippen LogP contribution in [0.3, 0.4) is 0 Å². The molecule has 1 aromatic carbocycles. The Bertz CT molecular complexity index is 618. The topological polar surface area (TPSA) is 24.9 Å². The molecule has 0 saturated heterocycles. The molecular formula is C17H16N2. The van der Waals surface area contributed by atoms with Crippen molar-refractivity contribution >= 4 is 5.69 Å². The van der Waals surface area contributed by atoms with Gasteiger partial charge in [-0.1, -0.05) is 30.4 Å². The van der Waals surface area contributed by atoms with Gasteiger partial charge in [0.25, 0.3) is 0 Å². The number of pyridine rings is 1. The first kappa shape index (κ1) is 10.8. The number of hydrogen-bond donors (Lipinski definition) is 1.